The van der Waals surface area contributed by atoms with Gasteiger partial charge in [-0.2, -0.15) is 5.10 Å². The fourth-order valence-corrected chi connectivity index (χ4v) is 4.19. The van der Waals surface area contributed by atoms with Crippen molar-refractivity contribution in [3.05, 3.63) is 70.3 Å². The zero-order chi connectivity index (χ0) is 19.7. The molecule has 0 atom stereocenters. The van der Waals surface area contributed by atoms with Crippen LogP contribution in [0.15, 0.2) is 48.5 Å². The molecule has 0 radical (unpaired) electrons. The van der Waals surface area contributed by atoms with Gasteiger partial charge in [-0.3, -0.25) is 9.47 Å². The molecule has 2 aromatic carbocycles. The summed E-state index contributed by atoms with van der Waals surface area (Å²) < 4.78 is 4.79. The fraction of sp³-hybridized carbons (Fsp3) is 0.364. The van der Waals surface area contributed by atoms with Crippen molar-refractivity contribution in [2.24, 2.45) is 0 Å². The SMILES string of the molecule is Cc1cccc(N2CCN(Cn3nc(C)n(-c4ccccc4C)c3=S)CC2)c1. The number of anilines is 1. The van der Waals surface area contributed by atoms with Gasteiger partial charge in [0, 0.05) is 31.9 Å². The third-order valence-electron chi connectivity index (χ3n) is 5.43. The molecule has 0 bridgehead atoms. The molecule has 6 heteroatoms. The van der Waals surface area contributed by atoms with Crippen LogP contribution in [0.1, 0.15) is 17.0 Å². The third kappa shape index (κ3) is 3.75. The summed E-state index contributed by atoms with van der Waals surface area (Å²) in [6, 6.07) is 17.1. The number of aromatic nitrogens is 3. The first-order valence-electron chi connectivity index (χ1n) is 9.79. The molecule has 1 aliphatic rings. The molecule has 0 N–H and O–H groups in total. The molecule has 4 rings (SSSR count). The first-order valence-corrected chi connectivity index (χ1v) is 10.2. The Labute approximate surface area is 171 Å². The van der Waals surface area contributed by atoms with E-state index in [1.54, 1.807) is 0 Å². The molecule has 146 valence electrons. The number of rotatable bonds is 4. The quantitative estimate of drug-likeness (QED) is 0.624. The van der Waals surface area contributed by atoms with Gasteiger partial charge in [0.1, 0.15) is 5.82 Å². The van der Waals surface area contributed by atoms with Gasteiger partial charge in [0.15, 0.2) is 0 Å². The Morgan fingerprint density at radius 1 is 0.929 bits per heavy atom. The minimum Gasteiger partial charge on any atom is -0.369 e. The van der Waals surface area contributed by atoms with E-state index >= 15 is 0 Å². The normalized spacial score (nSPS) is 15.2. The first kappa shape index (κ1) is 18.9. The van der Waals surface area contributed by atoms with Crippen LogP contribution in [0, 0.1) is 25.5 Å². The lowest BCUT2D eigenvalue weighted by molar-refractivity contribution is 0.194. The third-order valence-corrected chi connectivity index (χ3v) is 5.82. The average Bonchev–Trinajstić information content (AvgIpc) is 2.96. The number of para-hydroxylation sites is 1. The Morgan fingerprint density at radius 3 is 2.39 bits per heavy atom. The monoisotopic (exact) mass is 393 g/mol. The van der Waals surface area contributed by atoms with Gasteiger partial charge in [-0.1, -0.05) is 30.3 Å². The van der Waals surface area contributed by atoms with Gasteiger partial charge in [-0.25, -0.2) is 4.68 Å². The number of piperazine rings is 1. The zero-order valence-electron chi connectivity index (χ0n) is 16.8. The minimum absolute atomic E-state index is 0.736. The Kier molecular flexibility index (Phi) is 5.33. The molecule has 2 heterocycles. The van der Waals surface area contributed by atoms with Crippen molar-refractivity contribution in [2.75, 3.05) is 31.1 Å². The molecule has 5 nitrogen and oxygen atoms in total. The topological polar surface area (TPSA) is 29.2 Å². The Morgan fingerprint density at radius 2 is 1.68 bits per heavy atom. The van der Waals surface area contributed by atoms with Crippen molar-refractivity contribution in [1.82, 2.24) is 19.2 Å². The summed E-state index contributed by atoms with van der Waals surface area (Å²) in [5, 5.41) is 4.73. The molecule has 1 fully saturated rings. The highest BCUT2D eigenvalue weighted by molar-refractivity contribution is 7.71. The fourth-order valence-electron chi connectivity index (χ4n) is 3.86. The van der Waals surface area contributed by atoms with E-state index in [0.29, 0.717) is 0 Å². The summed E-state index contributed by atoms with van der Waals surface area (Å²) in [6.07, 6.45) is 0. The smallest absolute Gasteiger partial charge is 0.203 e. The average molecular weight is 394 g/mol. The second kappa shape index (κ2) is 7.89. The van der Waals surface area contributed by atoms with Crippen molar-refractivity contribution in [2.45, 2.75) is 27.4 Å². The van der Waals surface area contributed by atoms with Crippen LogP contribution in [-0.2, 0) is 6.67 Å². The van der Waals surface area contributed by atoms with Crippen LogP contribution in [-0.4, -0.2) is 45.4 Å². The lowest BCUT2D eigenvalue weighted by Gasteiger charge is -2.36. The van der Waals surface area contributed by atoms with Crippen molar-refractivity contribution in [1.29, 1.82) is 0 Å². The minimum atomic E-state index is 0.736. The molecule has 1 saturated heterocycles. The molecule has 0 saturated carbocycles. The van der Waals surface area contributed by atoms with Gasteiger partial charge < -0.3 is 4.90 Å². The van der Waals surface area contributed by atoms with Crippen LogP contribution in [0.3, 0.4) is 0 Å². The Bertz CT molecular complexity index is 1030. The largest absolute Gasteiger partial charge is 0.369 e. The van der Waals surface area contributed by atoms with Gasteiger partial charge >= 0.3 is 0 Å². The van der Waals surface area contributed by atoms with Gasteiger partial charge in [-0.15, -0.1) is 0 Å². The molecule has 1 aliphatic heterocycles. The number of hydrogen-bond donors (Lipinski definition) is 0. The van der Waals surface area contributed by atoms with Crippen molar-refractivity contribution >= 4 is 17.9 Å². The number of hydrogen-bond acceptors (Lipinski definition) is 4. The molecule has 0 unspecified atom stereocenters. The predicted octanol–water partition coefficient (Wildman–Crippen LogP) is 4.11. The number of aryl methyl sites for hydroxylation is 3. The molecule has 3 aromatic rings. The van der Waals surface area contributed by atoms with Crippen LogP contribution in [0.25, 0.3) is 5.69 Å². The van der Waals surface area contributed by atoms with Gasteiger partial charge in [0.2, 0.25) is 4.77 Å². The molecule has 0 amide bonds. The summed E-state index contributed by atoms with van der Waals surface area (Å²) in [6.45, 7) is 11.1. The second-order valence-corrected chi connectivity index (χ2v) is 7.90. The van der Waals surface area contributed by atoms with Gasteiger partial charge in [0.05, 0.1) is 12.4 Å². The summed E-state index contributed by atoms with van der Waals surface area (Å²) >= 11 is 5.76. The second-order valence-electron chi connectivity index (χ2n) is 7.54. The van der Waals surface area contributed by atoms with Crippen LogP contribution < -0.4 is 4.90 Å². The maximum Gasteiger partial charge on any atom is 0.203 e. The van der Waals surface area contributed by atoms with E-state index in [4.69, 9.17) is 17.3 Å². The molecule has 0 spiro atoms. The van der Waals surface area contributed by atoms with E-state index in [9.17, 15) is 0 Å². The molecule has 1 aromatic heterocycles. The van der Waals surface area contributed by atoms with E-state index in [1.165, 1.54) is 16.8 Å². The summed E-state index contributed by atoms with van der Waals surface area (Å²) in [4.78, 5) is 4.89. The first-order chi connectivity index (χ1) is 13.5. The van der Waals surface area contributed by atoms with E-state index in [2.05, 4.69) is 70.7 Å². The molecule has 0 aliphatic carbocycles. The van der Waals surface area contributed by atoms with Crippen molar-refractivity contribution in [3.8, 4) is 5.69 Å². The number of nitrogens with zero attached hydrogens (tertiary/aromatic N) is 5. The van der Waals surface area contributed by atoms with Gasteiger partial charge in [0.25, 0.3) is 0 Å². The van der Waals surface area contributed by atoms with E-state index in [-0.39, 0.29) is 0 Å². The maximum absolute atomic E-state index is 5.76. The van der Waals surface area contributed by atoms with Crippen LogP contribution in [0.5, 0.6) is 0 Å². The van der Waals surface area contributed by atoms with Gasteiger partial charge in [-0.05, 0) is 62.3 Å². The predicted molar refractivity (Wildman–Crippen MR) is 117 cm³/mol. The maximum atomic E-state index is 5.76. The van der Waals surface area contributed by atoms with E-state index < -0.39 is 0 Å². The lowest BCUT2D eigenvalue weighted by Crippen LogP contribution is -2.47. The number of benzene rings is 2. The molecular weight excluding hydrogens is 366 g/mol. The highest BCUT2D eigenvalue weighted by atomic mass is 32.1. The van der Waals surface area contributed by atoms with Crippen molar-refractivity contribution in [3.63, 3.8) is 0 Å². The van der Waals surface area contributed by atoms with Crippen LogP contribution in [0.2, 0.25) is 0 Å². The highest BCUT2D eigenvalue weighted by Gasteiger charge is 2.19. The lowest BCUT2D eigenvalue weighted by atomic mass is 10.2. The standard InChI is InChI=1S/C22H27N5S/c1-17-7-6-9-20(15-17)25-13-11-24(12-14-25)16-26-22(28)27(19(3)23-26)21-10-5-4-8-18(21)2/h4-10,15H,11-14,16H2,1-3H3. The Hall–Kier alpha value is -2.44. The molecule has 28 heavy (non-hydrogen) atoms. The van der Waals surface area contributed by atoms with E-state index in [0.717, 1.165) is 49.1 Å². The van der Waals surface area contributed by atoms with Crippen LogP contribution in [0.4, 0.5) is 5.69 Å². The summed E-state index contributed by atoms with van der Waals surface area (Å²) in [7, 11) is 0. The van der Waals surface area contributed by atoms with E-state index in [1.807, 2.05) is 17.7 Å². The van der Waals surface area contributed by atoms with Crippen molar-refractivity contribution < 1.29 is 0 Å². The van der Waals surface area contributed by atoms with Crippen LogP contribution >= 0.6 is 12.2 Å². The summed E-state index contributed by atoms with van der Waals surface area (Å²) in [5.41, 5.74) is 4.94. The Balaban J connectivity index is 1.47. The summed E-state index contributed by atoms with van der Waals surface area (Å²) in [5.74, 6) is 0.928. The highest BCUT2D eigenvalue weighted by Crippen LogP contribution is 2.19. The molecular formula is C22H27N5S. The zero-order valence-corrected chi connectivity index (χ0v) is 17.6.